The molecule has 0 aromatic heterocycles. The first-order valence-corrected chi connectivity index (χ1v) is 19.2. The largest absolute Gasteiger partial charge is 0.446 e. The highest BCUT2D eigenvalue weighted by Crippen LogP contribution is 2.67. The van der Waals surface area contributed by atoms with Gasteiger partial charge in [0, 0.05) is 25.9 Å². The molecular formula is C39H66N2O5. The summed E-state index contributed by atoms with van der Waals surface area (Å²) in [5.74, 6) is 4.98. The zero-order valence-corrected chi connectivity index (χ0v) is 29.8. The Bertz CT molecular complexity index is 1080. The van der Waals surface area contributed by atoms with Gasteiger partial charge in [0.15, 0.2) is 0 Å². The van der Waals surface area contributed by atoms with Gasteiger partial charge in [-0.3, -0.25) is 4.79 Å². The summed E-state index contributed by atoms with van der Waals surface area (Å²) in [5, 5.41) is 22.2. The second-order valence-corrected chi connectivity index (χ2v) is 17.1. The van der Waals surface area contributed by atoms with Gasteiger partial charge in [-0.15, -0.1) is 0 Å². The number of allylic oxidation sites excluding steroid dienone is 1. The van der Waals surface area contributed by atoms with Gasteiger partial charge in [0.2, 0.25) is 5.91 Å². The number of aliphatic hydroxyl groups excluding tert-OH is 2. The molecule has 0 aromatic rings. The van der Waals surface area contributed by atoms with Crippen LogP contribution in [0.5, 0.6) is 0 Å². The molecule has 1 heterocycles. The molecule has 7 heteroatoms. The minimum Gasteiger partial charge on any atom is -0.446 e. The molecule has 0 radical (unpaired) electrons. The van der Waals surface area contributed by atoms with Crippen molar-refractivity contribution in [2.75, 3.05) is 19.7 Å². The van der Waals surface area contributed by atoms with E-state index in [1.54, 1.807) is 10.5 Å². The van der Waals surface area contributed by atoms with Gasteiger partial charge in [-0.05, 0) is 111 Å². The Hall–Kier alpha value is -1.60. The number of aliphatic hydroxyl groups is 2. The predicted molar refractivity (Wildman–Crippen MR) is 183 cm³/mol. The summed E-state index contributed by atoms with van der Waals surface area (Å²) in [6.45, 7) is 13.2. The van der Waals surface area contributed by atoms with Crippen LogP contribution < -0.4 is 5.32 Å². The molecule has 0 spiro atoms. The van der Waals surface area contributed by atoms with Gasteiger partial charge in [-0.25, -0.2) is 4.79 Å². The molecule has 4 unspecified atom stereocenters. The van der Waals surface area contributed by atoms with Crippen LogP contribution in [0.1, 0.15) is 137 Å². The molecule has 0 aromatic carbocycles. The van der Waals surface area contributed by atoms with Crippen molar-refractivity contribution >= 4 is 12.0 Å². The highest BCUT2D eigenvalue weighted by atomic mass is 16.6. The van der Waals surface area contributed by atoms with Crippen LogP contribution in [0.3, 0.4) is 0 Å². The van der Waals surface area contributed by atoms with Crippen molar-refractivity contribution in [1.29, 1.82) is 0 Å². The average molecular weight is 643 g/mol. The van der Waals surface area contributed by atoms with Crippen molar-refractivity contribution in [3.63, 3.8) is 0 Å². The fraction of sp³-hybridized carbons (Fsp3) is 0.897. The second-order valence-electron chi connectivity index (χ2n) is 17.1. The summed E-state index contributed by atoms with van der Waals surface area (Å²) >= 11 is 0. The lowest BCUT2D eigenvalue weighted by molar-refractivity contribution is -0.133. The predicted octanol–water partition coefficient (Wildman–Crippen LogP) is 7.64. The molecule has 2 amide bonds. The van der Waals surface area contributed by atoms with Crippen LogP contribution in [0.25, 0.3) is 0 Å². The first-order chi connectivity index (χ1) is 22.0. The quantitative estimate of drug-likeness (QED) is 0.142. The van der Waals surface area contributed by atoms with Gasteiger partial charge in [0.25, 0.3) is 0 Å². The molecule has 5 aliphatic rings. The summed E-state index contributed by atoms with van der Waals surface area (Å²) < 4.78 is 5.94. The Morgan fingerprint density at radius 2 is 1.83 bits per heavy atom. The third-order valence-corrected chi connectivity index (χ3v) is 13.8. The Morgan fingerprint density at radius 1 is 1.02 bits per heavy atom. The Labute approximate surface area is 279 Å². The van der Waals surface area contributed by atoms with E-state index in [1.165, 1.54) is 51.4 Å². The van der Waals surface area contributed by atoms with E-state index >= 15 is 0 Å². The number of ether oxygens (including phenoxy) is 1. The first kappa shape index (κ1) is 35.7. The molecule has 7 nitrogen and oxygen atoms in total. The number of likely N-dealkylation sites (tertiary alicyclic amines) is 1. The highest BCUT2D eigenvalue weighted by Gasteiger charge is 2.59. The summed E-state index contributed by atoms with van der Waals surface area (Å²) in [5.41, 5.74) is 2.31. The lowest BCUT2D eigenvalue weighted by Crippen LogP contribution is -2.51. The van der Waals surface area contributed by atoms with E-state index in [0.29, 0.717) is 31.3 Å². The van der Waals surface area contributed by atoms with E-state index in [0.717, 1.165) is 74.0 Å². The summed E-state index contributed by atoms with van der Waals surface area (Å²) in [7, 11) is 0. The van der Waals surface area contributed by atoms with Crippen molar-refractivity contribution in [1.82, 2.24) is 10.2 Å². The van der Waals surface area contributed by atoms with Crippen LogP contribution in [0, 0.1) is 46.3 Å². The SMILES string of the molecule is CC(C)CCC[C@@H](C)[C@H]1CCC2C3CC=C4C[C@@H](OC(=O)NCCCCCC(=O)N5CC(O)C[C@H]5CO)CC[C@]4(C)C3CC[C@@]21C. The Kier molecular flexibility index (Phi) is 11.9. The number of alkyl carbamates (subject to hydrolysis) is 1. The Balaban J connectivity index is 1.04. The van der Waals surface area contributed by atoms with Crippen molar-refractivity contribution < 1.29 is 24.5 Å². The molecule has 46 heavy (non-hydrogen) atoms. The number of nitrogens with one attached hydrogen (secondary N) is 1. The van der Waals surface area contributed by atoms with E-state index in [1.807, 2.05) is 0 Å². The molecule has 10 atom stereocenters. The number of hydrogen-bond donors (Lipinski definition) is 3. The number of unbranched alkanes of at least 4 members (excludes halogenated alkanes) is 2. The van der Waals surface area contributed by atoms with Gasteiger partial charge < -0.3 is 25.2 Å². The smallest absolute Gasteiger partial charge is 0.407 e. The van der Waals surface area contributed by atoms with Crippen molar-refractivity contribution in [2.24, 2.45) is 46.3 Å². The monoisotopic (exact) mass is 642 g/mol. The lowest BCUT2D eigenvalue weighted by Gasteiger charge is -2.58. The topological polar surface area (TPSA) is 99.1 Å². The van der Waals surface area contributed by atoms with Crippen LogP contribution in [-0.4, -0.2) is 65.1 Å². The van der Waals surface area contributed by atoms with Crippen LogP contribution in [0.2, 0.25) is 0 Å². The molecule has 5 rings (SSSR count). The van der Waals surface area contributed by atoms with Crippen LogP contribution >= 0.6 is 0 Å². The molecule has 0 bridgehead atoms. The maximum Gasteiger partial charge on any atom is 0.407 e. The fourth-order valence-electron chi connectivity index (χ4n) is 11.2. The minimum absolute atomic E-state index is 0.00703. The number of carbonyl (C=O) groups excluding carboxylic acids is 2. The van der Waals surface area contributed by atoms with Crippen LogP contribution in [-0.2, 0) is 9.53 Å². The molecule has 4 aliphatic carbocycles. The number of carbonyl (C=O) groups is 2. The van der Waals surface area contributed by atoms with E-state index in [-0.39, 0.29) is 36.2 Å². The molecular weight excluding hydrogens is 576 g/mol. The lowest BCUT2D eigenvalue weighted by atomic mass is 9.47. The highest BCUT2D eigenvalue weighted by molar-refractivity contribution is 5.77. The van der Waals surface area contributed by atoms with E-state index in [4.69, 9.17) is 4.74 Å². The van der Waals surface area contributed by atoms with Gasteiger partial charge >= 0.3 is 6.09 Å². The maximum absolute atomic E-state index is 12.7. The van der Waals surface area contributed by atoms with Gasteiger partial charge in [-0.2, -0.15) is 0 Å². The number of amides is 2. The van der Waals surface area contributed by atoms with Crippen LogP contribution in [0.4, 0.5) is 4.79 Å². The number of fused-ring (bicyclic) bond motifs is 5. The molecule has 4 fully saturated rings. The minimum atomic E-state index is -0.540. The molecule has 1 aliphatic heterocycles. The van der Waals surface area contributed by atoms with Crippen LogP contribution in [0.15, 0.2) is 11.6 Å². The van der Waals surface area contributed by atoms with E-state index in [2.05, 4.69) is 46.0 Å². The van der Waals surface area contributed by atoms with Gasteiger partial charge in [0.05, 0.1) is 18.8 Å². The molecule has 1 saturated heterocycles. The average Bonchev–Trinajstić information content (AvgIpc) is 3.58. The normalized spacial score (nSPS) is 37.7. The molecule has 3 N–H and O–H groups in total. The fourth-order valence-corrected chi connectivity index (χ4v) is 11.2. The third-order valence-electron chi connectivity index (χ3n) is 13.8. The Morgan fingerprint density at radius 3 is 2.59 bits per heavy atom. The number of hydrogen-bond acceptors (Lipinski definition) is 5. The zero-order chi connectivity index (χ0) is 33.1. The van der Waals surface area contributed by atoms with Crippen molar-refractivity contribution in [3.8, 4) is 0 Å². The van der Waals surface area contributed by atoms with Gasteiger partial charge in [-0.1, -0.05) is 72.0 Å². The van der Waals surface area contributed by atoms with E-state index < -0.39 is 6.10 Å². The first-order valence-electron chi connectivity index (χ1n) is 19.2. The van der Waals surface area contributed by atoms with E-state index in [9.17, 15) is 19.8 Å². The van der Waals surface area contributed by atoms with Crippen molar-refractivity contribution in [3.05, 3.63) is 11.6 Å². The summed E-state index contributed by atoms with van der Waals surface area (Å²) in [4.78, 5) is 26.8. The number of β-amino-alcohol motifs (C(OH)–C–C–N with tert-alkyl or cyclic N) is 1. The standard InChI is InChI=1S/C39H66N2O5/c1-26(2)10-9-11-27(3)33-15-16-34-32-14-13-28-22-31(17-19-38(28,4)35(32)18-20-39(33,34)5)46-37(45)40-21-8-6-7-12-36(44)41-24-30(43)23-29(41)25-42/h13,26-27,29-35,42-43H,6-12,14-25H2,1-5H3,(H,40,45)/t27-,29+,30?,31+,32?,33-,34?,35?,38+,39-/m1/s1. The van der Waals surface area contributed by atoms with Crippen molar-refractivity contribution in [2.45, 2.75) is 156 Å². The summed E-state index contributed by atoms with van der Waals surface area (Å²) in [6.07, 6.45) is 18.8. The number of nitrogens with zero attached hydrogens (tertiary/aromatic N) is 1. The van der Waals surface area contributed by atoms with Gasteiger partial charge in [0.1, 0.15) is 6.10 Å². The molecule has 3 saturated carbocycles. The second kappa shape index (κ2) is 15.3. The third kappa shape index (κ3) is 7.66. The molecule has 262 valence electrons. The maximum atomic E-state index is 12.7. The zero-order valence-electron chi connectivity index (χ0n) is 29.8. The number of rotatable bonds is 13. The summed E-state index contributed by atoms with van der Waals surface area (Å²) in [6, 6.07) is -0.265.